The highest BCUT2D eigenvalue weighted by Crippen LogP contribution is 2.42. The standard InChI is InChI=1S/C50H58ClN5O9S/c1-29-22-35(17-14-30(29)23-31(27-52)46-54-39-24-32(15-21-41(39)64-46)50(8,9)28-48(2,3)4)56(34-12-10-11-13-34)47(61)65-43(44(59)49(5,6)7)45(60)53-38-25-33(16-19-37(38)51)55-66(62,63)42-26-36(57)18-20-40(42)58/h14-26,34,43,46,54-55,57-58H,10-13,28H2,1-9H3,(H,53,60). The summed E-state index contributed by atoms with van der Waals surface area (Å²) in [5.74, 6) is -2.09. The van der Waals surface area contributed by atoms with Gasteiger partial charge in [-0.2, -0.15) is 5.26 Å². The lowest BCUT2D eigenvalue weighted by atomic mass is 9.72. The van der Waals surface area contributed by atoms with E-state index in [1.807, 2.05) is 13.0 Å². The number of nitriles is 1. The van der Waals surface area contributed by atoms with Crippen LogP contribution < -0.4 is 25.0 Å². The van der Waals surface area contributed by atoms with Crippen molar-refractivity contribution in [2.75, 3.05) is 20.3 Å². The molecule has 16 heteroatoms. The quantitative estimate of drug-likeness (QED) is 0.0484. The lowest BCUT2D eigenvalue weighted by Gasteiger charge is -2.33. The average Bonchev–Trinajstić information content (AvgIpc) is 3.91. The summed E-state index contributed by atoms with van der Waals surface area (Å²) in [5.41, 5.74) is 2.92. The second kappa shape index (κ2) is 18.9. The van der Waals surface area contributed by atoms with Gasteiger partial charge in [-0.25, -0.2) is 13.2 Å². The Morgan fingerprint density at radius 2 is 1.67 bits per heavy atom. The Kier molecular flexibility index (Phi) is 14.1. The number of phenols is 2. The summed E-state index contributed by atoms with van der Waals surface area (Å²) >= 11 is 6.44. The Balaban J connectivity index is 1.23. The number of carbonyl (C=O) groups is 3. The highest BCUT2D eigenvalue weighted by atomic mass is 35.5. The molecule has 14 nitrogen and oxygen atoms in total. The Hall–Kier alpha value is -6.24. The first-order chi connectivity index (χ1) is 30.8. The summed E-state index contributed by atoms with van der Waals surface area (Å²) in [6.07, 6.45) is 2.11. The van der Waals surface area contributed by atoms with Crippen molar-refractivity contribution in [2.24, 2.45) is 10.8 Å². The van der Waals surface area contributed by atoms with E-state index in [4.69, 9.17) is 21.1 Å². The van der Waals surface area contributed by atoms with E-state index in [0.717, 1.165) is 54.3 Å². The summed E-state index contributed by atoms with van der Waals surface area (Å²) in [7, 11) is -4.44. The van der Waals surface area contributed by atoms with Crippen LogP contribution in [-0.4, -0.2) is 54.8 Å². The van der Waals surface area contributed by atoms with E-state index in [9.17, 15) is 38.3 Å². The molecule has 2 unspecified atom stereocenters. The molecule has 0 radical (unpaired) electrons. The minimum Gasteiger partial charge on any atom is -0.508 e. The first-order valence-corrected chi connectivity index (χ1v) is 23.6. The van der Waals surface area contributed by atoms with Crippen LogP contribution in [0.25, 0.3) is 6.08 Å². The van der Waals surface area contributed by atoms with Crippen LogP contribution in [-0.2, 0) is 29.8 Å². The summed E-state index contributed by atoms with van der Waals surface area (Å²) in [5, 5.41) is 36.2. The third-order valence-corrected chi connectivity index (χ3v) is 13.3. The fourth-order valence-electron chi connectivity index (χ4n) is 8.55. The second-order valence-corrected chi connectivity index (χ2v) is 21.9. The van der Waals surface area contributed by atoms with E-state index in [1.165, 1.54) is 23.1 Å². The van der Waals surface area contributed by atoms with Gasteiger partial charge in [0.05, 0.1) is 27.7 Å². The van der Waals surface area contributed by atoms with Gasteiger partial charge >= 0.3 is 6.09 Å². The molecule has 1 aliphatic carbocycles. The Bertz CT molecular complexity index is 2730. The number of hydrogen-bond donors (Lipinski definition) is 5. The maximum Gasteiger partial charge on any atom is 0.415 e. The molecule has 0 saturated heterocycles. The number of sulfonamides is 1. The number of nitrogens with one attached hydrogen (secondary N) is 3. The van der Waals surface area contributed by atoms with Gasteiger partial charge in [0.1, 0.15) is 28.2 Å². The zero-order valence-electron chi connectivity index (χ0n) is 38.7. The third kappa shape index (κ3) is 11.4. The van der Waals surface area contributed by atoms with Crippen LogP contribution in [0.4, 0.5) is 27.5 Å². The Labute approximate surface area is 392 Å². The number of ketones is 1. The number of fused-ring (bicyclic) bond motifs is 1. The molecule has 5 N–H and O–H groups in total. The molecule has 6 rings (SSSR count). The molecule has 1 fully saturated rings. The lowest BCUT2D eigenvalue weighted by Crippen LogP contribution is -2.48. The van der Waals surface area contributed by atoms with Crippen molar-refractivity contribution in [1.82, 2.24) is 0 Å². The van der Waals surface area contributed by atoms with Crippen molar-refractivity contribution in [2.45, 2.75) is 123 Å². The summed E-state index contributed by atoms with van der Waals surface area (Å²) in [6.45, 7) is 17.7. The van der Waals surface area contributed by atoms with Crippen molar-refractivity contribution in [3.05, 3.63) is 100 Å². The van der Waals surface area contributed by atoms with Crippen molar-refractivity contribution in [1.29, 1.82) is 5.26 Å². The van der Waals surface area contributed by atoms with Crippen molar-refractivity contribution >= 4 is 68.2 Å². The first kappa shape index (κ1) is 49.2. The average molecular weight is 941 g/mol. The normalized spacial score (nSPS) is 16.0. The first-order valence-electron chi connectivity index (χ1n) is 21.8. The summed E-state index contributed by atoms with van der Waals surface area (Å²) in [6, 6.07) is 20.2. The van der Waals surface area contributed by atoms with E-state index < -0.39 is 61.9 Å². The monoisotopic (exact) mass is 939 g/mol. The summed E-state index contributed by atoms with van der Waals surface area (Å²) in [4.78, 5) is 43.2. The predicted molar refractivity (Wildman–Crippen MR) is 256 cm³/mol. The van der Waals surface area contributed by atoms with Gasteiger partial charge in [0.2, 0.25) is 12.3 Å². The van der Waals surface area contributed by atoms with Crippen LogP contribution in [0.5, 0.6) is 17.2 Å². The second-order valence-electron chi connectivity index (χ2n) is 19.9. The Morgan fingerprint density at radius 1 is 0.970 bits per heavy atom. The van der Waals surface area contributed by atoms with Gasteiger partial charge in [0.25, 0.3) is 15.9 Å². The molecule has 1 heterocycles. The van der Waals surface area contributed by atoms with Crippen molar-refractivity contribution < 1.29 is 42.5 Å². The van der Waals surface area contributed by atoms with Gasteiger partial charge in [-0.1, -0.05) is 92.0 Å². The van der Waals surface area contributed by atoms with Gasteiger partial charge < -0.3 is 30.3 Å². The van der Waals surface area contributed by atoms with Gasteiger partial charge in [0, 0.05) is 23.2 Å². The van der Waals surface area contributed by atoms with Gasteiger partial charge in [-0.3, -0.25) is 19.2 Å². The summed E-state index contributed by atoms with van der Waals surface area (Å²) < 4.78 is 40.6. The van der Waals surface area contributed by atoms with Crippen LogP contribution >= 0.6 is 11.6 Å². The molecule has 2 aliphatic rings. The van der Waals surface area contributed by atoms with Gasteiger partial charge in [-0.05, 0) is 114 Å². The molecule has 4 aromatic carbocycles. The molecule has 0 spiro atoms. The van der Waals surface area contributed by atoms with Gasteiger partial charge in [-0.15, -0.1) is 0 Å². The SMILES string of the molecule is Cc1cc(N(C(=O)OC(C(=O)Nc2cc(NS(=O)(=O)c3cc(O)ccc3O)ccc2Cl)C(=O)C(C)(C)C)C2CCCC2)ccc1C=C(C#N)C1Nc2cc(C(C)(C)CC(C)(C)C)ccc2O1. The van der Waals surface area contributed by atoms with Crippen LogP contribution in [0.2, 0.25) is 5.02 Å². The number of aryl methyl sites for hydroxylation is 1. The van der Waals surface area contributed by atoms with E-state index in [1.54, 1.807) is 45.0 Å². The topological polar surface area (TPSA) is 207 Å². The zero-order valence-corrected chi connectivity index (χ0v) is 40.3. The highest BCUT2D eigenvalue weighted by molar-refractivity contribution is 7.92. The van der Waals surface area contributed by atoms with E-state index in [-0.39, 0.29) is 33.3 Å². The van der Waals surface area contributed by atoms with Crippen LogP contribution in [0.15, 0.2) is 83.3 Å². The molecule has 1 saturated carbocycles. The number of rotatable bonds is 13. The number of ether oxygens (including phenoxy) is 2. The predicted octanol–water partition coefficient (Wildman–Crippen LogP) is 10.8. The van der Waals surface area contributed by atoms with Gasteiger partial charge in [0.15, 0.2) is 5.78 Å². The molecule has 350 valence electrons. The highest BCUT2D eigenvalue weighted by Gasteiger charge is 2.41. The number of Topliss-reactive ketones (excluding diaryl/α,β-unsaturated/α-hetero) is 1. The van der Waals surface area contributed by atoms with E-state index in [2.05, 4.69) is 68.2 Å². The number of phenolic OH excluding ortho intramolecular Hbond substituents is 2. The minimum absolute atomic E-state index is 0.0267. The molecule has 2 atom stereocenters. The largest absolute Gasteiger partial charge is 0.508 e. The number of anilines is 4. The van der Waals surface area contributed by atoms with Crippen molar-refractivity contribution in [3.8, 4) is 23.3 Å². The van der Waals surface area contributed by atoms with E-state index in [0.29, 0.717) is 35.4 Å². The van der Waals surface area contributed by atoms with Crippen LogP contribution in [0, 0.1) is 29.1 Å². The minimum atomic E-state index is -4.44. The fraction of sp³-hybridized carbons (Fsp3) is 0.400. The third-order valence-electron chi connectivity index (χ3n) is 11.5. The molecule has 2 amide bonds. The smallest absolute Gasteiger partial charge is 0.415 e. The zero-order chi connectivity index (χ0) is 48.5. The molecule has 0 bridgehead atoms. The van der Waals surface area contributed by atoms with Crippen LogP contribution in [0.1, 0.15) is 104 Å². The number of halogens is 1. The number of aromatic hydroxyl groups is 2. The molecule has 66 heavy (non-hydrogen) atoms. The molecule has 1 aliphatic heterocycles. The lowest BCUT2D eigenvalue weighted by molar-refractivity contribution is -0.142. The van der Waals surface area contributed by atoms with Crippen molar-refractivity contribution in [3.63, 3.8) is 0 Å². The van der Waals surface area contributed by atoms with E-state index >= 15 is 0 Å². The number of hydrogen-bond acceptors (Lipinski definition) is 11. The number of carbonyl (C=O) groups excluding carboxylic acids is 3. The number of nitrogens with zero attached hydrogens (tertiary/aromatic N) is 2. The fourth-order valence-corrected chi connectivity index (χ4v) is 9.89. The maximum absolute atomic E-state index is 14.4. The number of amides is 2. The molecule has 4 aromatic rings. The molecular formula is C50H58ClN5O9S. The Morgan fingerprint density at radius 3 is 2.30 bits per heavy atom. The molecular weight excluding hydrogens is 882 g/mol. The molecule has 0 aromatic heterocycles. The van der Waals surface area contributed by atoms with Crippen LogP contribution in [0.3, 0.4) is 0 Å². The number of benzene rings is 4. The maximum atomic E-state index is 14.4.